The van der Waals surface area contributed by atoms with Gasteiger partial charge in [-0.05, 0) is 31.4 Å². The van der Waals surface area contributed by atoms with Crippen LogP contribution in [0.1, 0.15) is 42.1 Å². The fraction of sp³-hybridized carbons (Fsp3) is 0.348. The first-order valence-corrected chi connectivity index (χ1v) is 11.1. The number of nitrogens with zero attached hydrogens (tertiary/aromatic N) is 4. The molecule has 29 heavy (non-hydrogen) atoms. The van der Waals surface area contributed by atoms with Gasteiger partial charge in [0.05, 0.1) is 21.7 Å². The minimum atomic E-state index is 0.0718. The summed E-state index contributed by atoms with van der Waals surface area (Å²) in [6, 6.07) is 9.88. The second kappa shape index (κ2) is 8.54. The molecule has 2 unspecified atom stereocenters. The predicted octanol–water partition coefficient (Wildman–Crippen LogP) is 4.00. The highest BCUT2D eigenvalue weighted by Crippen LogP contribution is 2.31. The molecule has 148 valence electrons. The number of halogens is 1. The number of aryl methyl sites for hydroxylation is 1. The first-order valence-electron chi connectivity index (χ1n) is 9.90. The third-order valence-electron chi connectivity index (χ3n) is 5.32. The predicted molar refractivity (Wildman–Crippen MR) is 122 cm³/mol. The third kappa shape index (κ3) is 4.15. The lowest BCUT2D eigenvalue weighted by molar-refractivity contribution is -0.127. The number of benzene rings is 1. The molecule has 4 rings (SSSR count). The molecule has 1 aliphatic rings. The Kier molecular flexibility index (Phi) is 5.86. The quantitative estimate of drug-likeness (QED) is 0.311. The SMILES string of the molecule is CCCC1CN(Cc2c(C)nn3cc(C#Cc4ccccc4)cnc23)C(=O)C1I. The lowest BCUT2D eigenvalue weighted by Gasteiger charge is -2.16. The van der Waals surface area contributed by atoms with Gasteiger partial charge in [0.2, 0.25) is 5.91 Å². The Labute approximate surface area is 184 Å². The van der Waals surface area contributed by atoms with Gasteiger partial charge in [-0.1, -0.05) is 66.0 Å². The number of amides is 1. The number of rotatable bonds is 4. The van der Waals surface area contributed by atoms with Crippen LogP contribution in [0.25, 0.3) is 5.65 Å². The molecule has 3 aromatic rings. The van der Waals surface area contributed by atoms with Crippen LogP contribution < -0.4 is 0 Å². The standard InChI is InChI=1S/C23H23IN4O/c1-3-7-19-14-27(23(29)21(19)24)15-20-16(2)26-28-13-18(12-25-22(20)28)11-10-17-8-5-4-6-9-17/h4-6,8-9,12-13,19,21H,3,7,14-15H2,1-2H3. The van der Waals surface area contributed by atoms with E-state index in [2.05, 4.69) is 51.4 Å². The Morgan fingerprint density at radius 2 is 1.97 bits per heavy atom. The first-order chi connectivity index (χ1) is 14.1. The number of carbonyl (C=O) groups excluding carboxylic acids is 1. The van der Waals surface area contributed by atoms with E-state index >= 15 is 0 Å². The van der Waals surface area contributed by atoms with E-state index in [0.29, 0.717) is 12.5 Å². The average Bonchev–Trinajstić information content (AvgIpc) is 3.18. The van der Waals surface area contributed by atoms with E-state index in [1.165, 1.54) is 0 Å². The molecule has 6 heteroatoms. The second-order valence-electron chi connectivity index (χ2n) is 7.46. The van der Waals surface area contributed by atoms with E-state index in [4.69, 9.17) is 0 Å². The largest absolute Gasteiger partial charge is 0.337 e. The van der Waals surface area contributed by atoms with Gasteiger partial charge in [-0.3, -0.25) is 4.79 Å². The molecular formula is C23H23IN4O. The number of fused-ring (bicyclic) bond motifs is 1. The normalized spacial score (nSPS) is 18.9. The van der Waals surface area contributed by atoms with E-state index in [-0.39, 0.29) is 9.83 Å². The Bertz CT molecular complexity index is 1100. The fourth-order valence-electron chi connectivity index (χ4n) is 3.79. The molecule has 0 radical (unpaired) electrons. The summed E-state index contributed by atoms with van der Waals surface area (Å²) in [6.07, 6.45) is 5.88. The molecule has 0 saturated carbocycles. The molecule has 5 nitrogen and oxygen atoms in total. The second-order valence-corrected chi connectivity index (χ2v) is 8.80. The van der Waals surface area contributed by atoms with Crippen molar-refractivity contribution in [2.24, 2.45) is 5.92 Å². The minimum absolute atomic E-state index is 0.0718. The number of likely N-dealkylation sites (tertiary alicyclic amines) is 1. The summed E-state index contributed by atoms with van der Waals surface area (Å²) in [6.45, 7) is 5.53. The van der Waals surface area contributed by atoms with E-state index in [1.807, 2.05) is 48.4 Å². The number of alkyl halides is 1. The van der Waals surface area contributed by atoms with Crippen molar-refractivity contribution in [1.29, 1.82) is 0 Å². The van der Waals surface area contributed by atoms with Crippen LogP contribution >= 0.6 is 22.6 Å². The minimum Gasteiger partial charge on any atom is -0.337 e. The first kappa shape index (κ1) is 19.9. The molecule has 0 aliphatic carbocycles. The van der Waals surface area contributed by atoms with Gasteiger partial charge in [0, 0.05) is 30.1 Å². The van der Waals surface area contributed by atoms with Gasteiger partial charge in [-0.2, -0.15) is 5.10 Å². The van der Waals surface area contributed by atoms with Crippen LogP contribution in [0.5, 0.6) is 0 Å². The van der Waals surface area contributed by atoms with Crippen LogP contribution in [-0.4, -0.2) is 35.9 Å². The van der Waals surface area contributed by atoms with Crippen LogP contribution in [0.15, 0.2) is 42.7 Å². The van der Waals surface area contributed by atoms with Crippen molar-refractivity contribution in [2.45, 2.75) is 37.2 Å². The molecule has 1 aliphatic heterocycles. The third-order valence-corrected chi connectivity index (χ3v) is 6.87. The summed E-state index contributed by atoms with van der Waals surface area (Å²) in [5, 5.41) is 4.62. The van der Waals surface area contributed by atoms with E-state index in [1.54, 1.807) is 10.7 Å². The molecular weight excluding hydrogens is 475 g/mol. The lowest BCUT2D eigenvalue weighted by atomic mass is 10.0. The highest BCUT2D eigenvalue weighted by Gasteiger charge is 2.38. The number of carbonyl (C=O) groups is 1. The lowest BCUT2D eigenvalue weighted by Crippen LogP contribution is -2.27. The van der Waals surface area contributed by atoms with Gasteiger partial charge in [0.15, 0.2) is 5.65 Å². The molecule has 0 N–H and O–H groups in total. The molecule has 0 spiro atoms. The Balaban J connectivity index is 1.58. The van der Waals surface area contributed by atoms with Crippen LogP contribution in [0.3, 0.4) is 0 Å². The van der Waals surface area contributed by atoms with Crippen molar-refractivity contribution < 1.29 is 4.79 Å². The van der Waals surface area contributed by atoms with Crippen LogP contribution in [0.4, 0.5) is 0 Å². The molecule has 1 aromatic carbocycles. The molecule has 0 bridgehead atoms. The zero-order chi connectivity index (χ0) is 20.4. The van der Waals surface area contributed by atoms with Gasteiger partial charge in [0.1, 0.15) is 0 Å². The maximum atomic E-state index is 12.7. The van der Waals surface area contributed by atoms with Gasteiger partial charge >= 0.3 is 0 Å². The highest BCUT2D eigenvalue weighted by atomic mass is 127. The van der Waals surface area contributed by atoms with Gasteiger partial charge < -0.3 is 4.90 Å². The van der Waals surface area contributed by atoms with Gasteiger partial charge in [-0.25, -0.2) is 9.50 Å². The van der Waals surface area contributed by atoms with Crippen molar-refractivity contribution in [3.8, 4) is 11.8 Å². The van der Waals surface area contributed by atoms with Crippen molar-refractivity contribution in [3.63, 3.8) is 0 Å². The van der Waals surface area contributed by atoms with Crippen molar-refractivity contribution in [2.75, 3.05) is 6.54 Å². The number of hydrogen-bond donors (Lipinski definition) is 0. The van der Waals surface area contributed by atoms with Crippen molar-refractivity contribution in [3.05, 3.63) is 65.1 Å². The molecule has 3 heterocycles. The van der Waals surface area contributed by atoms with Gasteiger partial charge in [0.25, 0.3) is 0 Å². The van der Waals surface area contributed by atoms with E-state index in [0.717, 1.165) is 47.4 Å². The van der Waals surface area contributed by atoms with Crippen molar-refractivity contribution in [1.82, 2.24) is 19.5 Å². The molecule has 1 saturated heterocycles. The summed E-state index contributed by atoms with van der Waals surface area (Å²) in [5.41, 5.74) is 4.49. The maximum Gasteiger partial charge on any atom is 0.236 e. The van der Waals surface area contributed by atoms with Crippen LogP contribution in [-0.2, 0) is 11.3 Å². The molecule has 2 atom stereocenters. The summed E-state index contributed by atoms with van der Waals surface area (Å²) in [7, 11) is 0. The van der Waals surface area contributed by atoms with Crippen LogP contribution in [0.2, 0.25) is 0 Å². The fourth-order valence-corrected chi connectivity index (χ4v) is 4.77. The number of hydrogen-bond acceptors (Lipinski definition) is 3. The zero-order valence-electron chi connectivity index (χ0n) is 16.6. The maximum absolute atomic E-state index is 12.7. The zero-order valence-corrected chi connectivity index (χ0v) is 18.8. The Morgan fingerprint density at radius 3 is 2.72 bits per heavy atom. The van der Waals surface area contributed by atoms with E-state index in [9.17, 15) is 4.79 Å². The monoisotopic (exact) mass is 498 g/mol. The summed E-state index contributed by atoms with van der Waals surface area (Å²) in [5.74, 6) is 6.96. The Morgan fingerprint density at radius 1 is 1.21 bits per heavy atom. The van der Waals surface area contributed by atoms with Gasteiger partial charge in [-0.15, -0.1) is 0 Å². The highest BCUT2D eigenvalue weighted by molar-refractivity contribution is 14.1. The molecule has 2 aromatic heterocycles. The average molecular weight is 498 g/mol. The smallest absolute Gasteiger partial charge is 0.236 e. The molecule has 1 fully saturated rings. The summed E-state index contributed by atoms with van der Waals surface area (Å²) in [4.78, 5) is 19.3. The van der Waals surface area contributed by atoms with Crippen molar-refractivity contribution >= 4 is 34.1 Å². The summed E-state index contributed by atoms with van der Waals surface area (Å²) >= 11 is 2.30. The number of aromatic nitrogens is 3. The summed E-state index contributed by atoms with van der Waals surface area (Å²) < 4.78 is 1.85. The van der Waals surface area contributed by atoms with Crippen LogP contribution in [0, 0.1) is 24.7 Å². The molecule has 1 amide bonds. The van der Waals surface area contributed by atoms with E-state index < -0.39 is 0 Å². The topological polar surface area (TPSA) is 50.5 Å². The Hall–Kier alpha value is -2.40.